The van der Waals surface area contributed by atoms with Crippen molar-refractivity contribution >= 4 is 11.8 Å². The standard InChI is InChI=1S/C16H24N2O2/c1-11-6-4-5-7-13(11)10-17-15-9-8-14(12(2)18-15)16(19)20-3/h8-9,11,13H,4-7,10H2,1-3H3,(H,17,18). The Balaban J connectivity index is 1.96. The van der Waals surface area contributed by atoms with Crippen LogP contribution in [0.3, 0.4) is 0 Å². The zero-order chi connectivity index (χ0) is 14.5. The van der Waals surface area contributed by atoms with Gasteiger partial charge < -0.3 is 10.1 Å². The third-order valence-corrected chi connectivity index (χ3v) is 4.33. The van der Waals surface area contributed by atoms with Gasteiger partial charge in [-0.1, -0.05) is 26.2 Å². The summed E-state index contributed by atoms with van der Waals surface area (Å²) in [7, 11) is 1.39. The minimum absolute atomic E-state index is 0.331. The summed E-state index contributed by atoms with van der Waals surface area (Å²) < 4.78 is 4.73. The molecule has 4 nitrogen and oxygen atoms in total. The van der Waals surface area contributed by atoms with Crippen molar-refractivity contribution in [1.82, 2.24) is 4.98 Å². The summed E-state index contributed by atoms with van der Waals surface area (Å²) >= 11 is 0. The summed E-state index contributed by atoms with van der Waals surface area (Å²) in [5.74, 6) is 2.02. The first-order valence-electron chi connectivity index (χ1n) is 7.41. The minimum Gasteiger partial charge on any atom is -0.465 e. The second kappa shape index (κ2) is 6.73. The molecule has 0 aromatic carbocycles. The van der Waals surface area contributed by atoms with Crippen molar-refractivity contribution in [2.75, 3.05) is 19.0 Å². The van der Waals surface area contributed by atoms with Gasteiger partial charge in [0.2, 0.25) is 0 Å². The monoisotopic (exact) mass is 276 g/mol. The van der Waals surface area contributed by atoms with Gasteiger partial charge in [-0.15, -0.1) is 0 Å². The molecule has 1 N–H and O–H groups in total. The van der Waals surface area contributed by atoms with Crippen molar-refractivity contribution in [3.8, 4) is 0 Å². The van der Waals surface area contributed by atoms with Crippen LogP contribution in [0.15, 0.2) is 12.1 Å². The lowest BCUT2D eigenvalue weighted by molar-refractivity contribution is 0.0599. The van der Waals surface area contributed by atoms with Crippen LogP contribution in [0.5, 0.6) is 0 Å². The van der Waals surface area contributed by atoms with Gasteiger partial charge in [0, 0.05) is 6.54 Å². The van der Waals surface area contributed by atoms with Gasteiger partial charge in [-0.25, -0.2) is 9.78 Å². The van der Waals surface area contributed by atoms with Gasteiger partial charge in [0.15, 0.2) is 0 Å². The Bertz CT molecular complexity index is 474. The van der Waals surface area contributed by atoms with Crippen molar-refractivity contribution in [2.24, 2.45) is 11.8 Å². The van der Waals surface area contributed by atoms with Crippen molar-refractivity contribution in [1.29, 1.82) is 0 Å². The van der Waals surface area contributed by atoms with Crippen LogP contribution in [0.1, 0.15) is 48.7 Å². The Labute approximate surface area is 120 Å². The van der Waals surface area contributed by atoms with E-state index in [4.69, 9.17) is 4.74 Å². The number of aromatic nitrogens is 1. The number of nitrogens with zero attached hydrogens (tertiary/aromatic N) is 1. The first-order chi connectivity index (χ1) is 9.61. The maximum atomic E-state index is 11.5. The van der Waals surface area contributed by atoms with Gasteiger partial charge in [0.25, 0.3) is 0 Å². The fourth-order valence-corrected chi connectivity index (χ4v) is 2.92. The molecule has 0 aliphatic heterocycles. The number of hydrogen-bond acceptors (Lipinski definition) is 4. The second-order valence-corrected chi connectivity index (χ2v) is 5.72. The molecule has 20 heavy (non-hydrogen) atoms. The molecule has 1 aromatic heterocycles. The van der Waals surface area contributed by atoms with Gasteiger partial charge in [0.1, 0.15) is 5.82 Å². The first kappa shape index (κ1) is 14.8. The van der Waals surface area contributed by atoms with Crippen LogP contribution in [0.4, 0.5) is 5.82 Å². The Morgan fingerprint density at radius 2 is 2.15 bits per heavy atom. The van der Waals surface area contributed by atoms with Gasteiger partial charge in [0.05, 0.1) is 18.4 Å². The van der Waals surface area contributed by atoms with E-state index in [0.717, 1.165) is 24.2 Å². The average Bonchev–Trinajstić information content (AvgIpc) is 2.46. The van der Waals surface area contributed by atoms with Crippen LogP contribution in [-0.2, 0) is 4.74 Å². The Morgan fingerprint density at radius 1 is 1.40 bits per heavy atom. The van der Waals surface area contributed by atoms with Gasteiger partial charge in [-0.05, 0) is 37.3 Å². The predicted octanol–water partition coefficient (Wildman–Crippen LogP) is 3.41. The highest BCUT2D eigenvalue weighted by atomic mass is 16.5. The second-order valence-electron chi connectivity index (χ2n) is 5.72. The van der Waals surface area contributed by atoms with Crippen LogP contribution in [0, 0.1) is 18.8 Å². The van der Waals surface area contributed by atoms with E-state index in [-0.39, 0.29) is 5.97 Å². The van der Waals surface area contributed by atoms with E-state index in [1.165, 1.54) is 32.8 Å². The summed E-state index contributed by atoms with van der Waals surface area (Å²) in [6.07, 6.45) is 5.33. The Hall–Kier alpha value is -1.58. The van der Waals surface area contributed by atoms with Crippen molar-refractivity contribution in [3.05, 3.63) is 23.4 Å². The van der Waals surface area contributed by atoms with Crippen LogP contribution in [-0.4, -0.2) is 24.6 Å². The molecule has 0 bridgehead atoms. The quantitative estimate of drug-likeness (QED) is 0.856. The predicted molar refractivity (Wildman–Crippen MR) is 79.9 cm³/mol. The summed E-state index contributed by atoms with van der Waals surface area (Å²) in [4.78, 5) is 16.0. The average molecular weight is 276 g/mol. The van der Waals surface area contributed by atoms with Gasteiger partial charge >= 0.3 is 5.97 Å². The molecule has 2 atom stereocenters. The van der Waals surface area contributed by atoms with Crippen molar-refractivity contribution in [3.63, 3.8) is 0 Å². The fraction of sp³-hybridized carbons (Fsp3) is 0.625. The summed E-state index contributed by atoms with van der Waals surface area (Å²) in [6.45, 7) is 5.14. The number of pyridine rings is 1. The molecule has 1 aliphatic carbocycles. The highest BCUT2D eigenvalue weighted by Gasteiger charge is 2.21. The van der Waals surface area contributed by atoms with Gasteiger partial charge in [-0.2, -0.15) is 0 Å². The maximum Gasteiger partial charge on any atom is 0.339 e. The molecule has 0 saturated heterocycles. The van der Waals surface area contributed by atoms with E-state index >= 15 is 0 Å². The Morgan fingerprint density at radius 3 is 2.80 bits per heavy atom. The van der Waals surface area contributed by atoms with Crippen LogP contribution < -0.4 is 5.32 Å². The number of esters is 1. The lowest BCUT2D eigenvalue weighted by Crippen LogP contribution is -2.24. The highest BCUT2D eigenvalue weighted by Crippen LogP contribution is 2.29. The largest absolute Gasteiger partial charge is 0.465 e. The molecule has 1 aliphatic rings. The molecule has 1 aromatic rings. The number of carbonyl (C=O) groups is 1. The molecular formula is C16H24N2O2. The number of carbonyl (C=O) groups excluding carboxylic acids is 1. The summed E-state index contributed by atoms with van der Waals surface area (Å²) in [5, 5.41) is 3.41. The summed E-state index contributed by atoms with van der Waals surface area (Å²) in [6, 6.07) is 3.63. The smallest absolute Gasteiger partial charge is 0.339 e. The molecule has 2 unspecified atom stereocenters. The third-order valence-electron chi connectivity index (χ3n) is 4.33. The van der Waals surface area contributed by atoms with E-state index in [0.29, 0.717) is 11.3 Å². The first-order valence-corrected chi connectivity index (χ1v) is 7.41. The molecule has 1 saturated carbocycles. The third kappa shape index (κ3) is 3.50. The SMILES string of the molecule is COC(=O)c1ccc(NCC2CCCCC2C)nc1C. The Kier molecular flexibility index (Phi) is 4.99. The van der Waals surface area contributed by atoms with Gasteiger partial charge in [-0.3, -0.25) is 0 Å². The molecule has 0 amide bonds. The van der Waals surface area contributed by atoms with E-state index in [1.807, 2.05) is 13.0 Å². The molecule has 2 rings (SSSR count). The molecule has 4 heteroatoms. The minimum atomic E-state index is -0.331. The summed E-state index contributed by atoms with van der Waals surface area (Å²) in [5.41, 5.74) is 1.24. The zero-order valence-corrected chi connectivity index (χ0v) is 12.6. The number of anilines is 1. The number of rotatable bonds is 4. The number of aryl methyl sites for hydroxylation is 1. The fourth-order valence-electron chi connectivity index (χ4n) is 2.92. The van der Waals surface area contributed by atoms with E-state index in [2.05, 4.69) is 17.2 Å². The number of methoxy groups -OCH3 is 1. The van der Waals surface area contributed by atoms with Crippen molar-refractivity contribution < 1.29 is 9.53 Å². The number of ether oxygens (including phenoxy) is 1. The van der Waals surface area contributed by atoms with Crippen molar-refractivity contribution in [2.45, 2.75) is 39.5 Å². The number of hydrogen-bond donors (Lipinski definition) is 1. The molecule has 1 heterocycles. The van der Waals surface area contributed by atoms with Crippen LogP contribution in [0.25, 0.3) is 0 Å². The molecule has 0 spiro atoms. The van der Waals surface area contributed by atoms with Crippen LogP contribution in [0.2, 0.25) is 0 Å². The maximum absolute atomic E-state index is 11.5. The van der Waals surface area contributed by atoms with E-state index < -0.39 is 0 Å². The molecule has 110 valence electrons. The molecular weight excluding hydrogens is 252 g/mol. The topological polar surface area (TPSA) is 51.2 Å². The van der Waals surface area contributed by atoms with Crippen LogP contribution >= 0.6 is 0 Å². The number of nitrogens with one attached hydrogen (secondary N) is 1. The highest BCUT2D eigenvalue weighted by molar-refractivity contribution is 5.90. The van der Waals surface area contributed by atoms with E-state index in [1.54, 1.807) is 6.07 Å². The lowest BCUT2D eigenvalue weighted by Gasteiger charge is -2.29. The molecule has 1 fully saturated rings. The lowest BCUT2D eigenvalue weighted by atomic mass is 9.80. The zero-order valence-electron chi connectivity index (χ0n) is 12.6. The molecule has 0 radical (unpaired) electrons. The normalized spacial score (nSPS) is 22.4. The van der Waals surface area contributed by atoms with E-state index in [9.17, 15) is 4.79 Å².